The van der Waals surface area contributed by atoms with Crippen LogP contribution in [0.2, 0.25) is 0 Å². The van der Waals surface area contributed by atoms with E-state index < -0.39 is 0 Å². The third kappa shape index (κ3) is 2.37. The SMILES string of the molecule is CCc1nc(-c2ccccc2)c2c(n1)nc1n(OC(C)C)c(=O)n(C)n21. The monoisotopic (exact) mass is 352 g/mol. The molecule has 0 aliphatic heterocycles. The van der Waals surface area contributed by atoms with E-state index in [4.69, 9.17) is 9.82 Å². The van der Waals surface area contributed by atoms with Crippen molar-refractivity contribution in [1.82, 2.24) is 28.9 Å². The number of imidazole rings is 1. The highest BCUT2D eigenvalue weighted by molar-refractivity contribution is 5.89. The first kappa shape index (κ1) is 16.3. The lowest BCUT2D eigenvalue weighted by molar-refractivity contribution is 0.0590. The number of aryl methyl sites for hydroxylation is 2. The fourth-order valence-corrected chi connectivity index (χ4v) is 2.98. The van der Waals surface area contributed by atoms with Gasteiger partial charge in [-0.3, -0.25) is 0 Å². The zero-order valence-electron chi connectivity index (χ0n) is 15.2. The van der Waals surface area contributed by atoms with Crippen LogP contribution in [0.3, 0.4) is 0 Å². The van der Waals surface area contributed by atoms with Gasteiger partial charge in [-0.25, -0.2) is 24.0 Å². The summed E-state index contributed by atoms with van der Waals surface area (Å²) in [6.07, 6.45) is 0.531. The molecule has 0 aliphatic carbocycles. The van der Waals surface area contributed by atoms with Crippen molar-refractivity contribution in [2.24, 2.45) is 7.05 Å². The molecule has 8 heteroatoms. The van der Waals surface area contributed by atoms with Gasteiger partial charge in [0.05, 0.1) is 0 Å². The zero-order chi connectivity index (χ0) is 18.4. The van der Waals surface area contributed by atoms with E-state index in [0.29, 0.717) is 29.2 Å². The summed E-state index contributed by atoms with van der Waals surface area (Å²) in [5.41, 5.74) is 2.62. The number of benzene rings is 1. The van der Waals surface area contributed by atoms with E-state index in [1.165, 1.54) is 9.41 Å². The average molecular weight is 352 g/mol. The lowest BCUT2D eigenvalue weighted by Gasteiger charge is -2.06. The summed E-state index contributed by atoms with van der Waals surface area (Å²) in [5.74, 6) is 1.10. The summed E-state index contributed by atoms with van der Waals surface area (Å²) in [7, 11) is 1.68. The van der Waals surface area contributed by atoms with Crippen molar-refractivity contribution >= 4 is 16.9 Å². The molecule has 1 aromatic carbocycles. The van der Waals surface area contributed by atoms with Gasteiger partial charge in [-0.05, 0) is 13.8 Å². The lowest BCUT2D eigenvalue weighted by atomic mass is 10.1. The lowest BCUT2D eigenvalue weighted by Crippen LogP contribution is -2.31. The number of hydrogen-bond donors (Lipinski definition) is 0. The Kier molecular flexibility index (Phi) is 3.75. The highest BCUT2D eigenvalue weighted by Gasteiger charge is 2.22. The molecule has 134 valence electrons. The molecule has 0 radical (unpaired) electrons. The topological polar surface area (TPSA) is 79.2 Å². The first-order chi connectivity index (χ1) is 12.5. The van der Waals surface area contributed by atoms with Crippen molar-refractivity contribution in [3.63, 3.8) is 0 Å². The number of aromatic nitrogens is 6. The minimum Gasteiger partial charge on any atom is -0.403 e. The Labute approximate surface area is 149 Å². The molecule has 4 rings (SSSR count). The summed E-state index contributed by atoms with van der Waals surface area (Å²) in [5, 5.41) is 0. The van der Waals surface area contributed by atoms with Crippen LogP contribution >= 0.6 is 0 Å². The molecule has 0 saturated heterocycles. The summed E-state index contributed by atoms with van der Waals surface area (Å²) < 4.78 is 4.39. The summed E-state index contributed by atoms with van der Waals surface area (Å²) in [6.45, 7) is 5.73. The standard InChI is InChI=1S/C18H20N6O2/c1-5-13-19-14(12-9-7-6-8-10-12)15-16(20-13)21-17-23(15)22(4)18(25)24(17)26-11(2)3/h6-11H,5H2,1-4H3. The van der Waals surface area contributed by atoms with Gasteiger partial charge in [0.1, 0.15) is 23.1 Å². The largest absolute Gasteiger partial charge is 0.403 e. The summed E-state index contributed by atoms with van der Waals surface area (Å²) in [6, 6.07) is 9.84. The van der Waals surface area contributed by atoms with Gasteiger partial charge in [-0.15, -0.1) is 0 Å². The molecule has 0 N–H and O–H groups in total. The van der Waals surface area contributed by atoms with Crippen LogP contribution in [0.4, 0.5) is 0 Å². The van der Waals surface area contributed by atoms with Crippen LogP contribution in [0.15, 0.2) is 35.1 Å². The minimum atomic E-state index is -0.304. The van der Waals surface area contributed by atoms with Crippen molar-refractivity contribution < 1.29 is 4.84 Å². The van der Waals surface area contributed by atoms with E-state index in [0.717, 1.165) is 11.3 Å². The predicted octanol–water partition coefficient (Wildman–Crippen LogP) is 1.84. The van der Waals surface area contributed by atoms with Gasteiger partial charge in [0.2, 0.25) is 0 Å². The Morgan fingerprint density at radius 2 is 1.85 bits per heavy atom. The van der Waals surface area contributed by atoms with Crippen LogP contribution in [-0.2, 0) is 13.5 Å². The molecular formula is C18H20N6O2. The second-order valence-corrected chi connectivity index (χ2v) is 6.36. The number of nitrogens with zero attached hydrogens (tertiary/aromatic N) is 6. The Morgan fingerprint density at radius 3 is 2.50 bits per heavy atom. The molecule has 26 heavy (non-hydrogen) atoms. The molecule has 0 bridgehead atoms. The molecule has 3 heterocycles. The Hall–Kier alpha value is -3.16. The average Bonchev–Trinajstić information content (AvgIpc) is 3.12. The Morgan fingerprint density at radius 1 is 1.12 bits per heavy atom. The van der Waals surface area contributed by atoms with Crippen LogP contribution in [0.25, 0.3) is 28.2 Å². The van der Waals surface area contributed by atoms with Crippen molar-refractivity contribution in [3.8, 4) is 11.3 Å². The molecular weight excluding hydrogens is 332 g/mol. The summed E-state index contributed by atoms with van der Waals surface area (Å²) in [4.78, 5) is 32.1. The number of fused-ring (bicyclic) bond motifs is 3. The molecule has 4 aromatic rings. The maximum atomic E-state index is 12.6. The van der Waals surface area contributed by atoms with Crippen LogP contribution in [0, 0.1) is 0 Å². The maximum absolute atomic E-state index is 12.6. The fraction of sp³-hybridized carbons (Fsp3) is 0.333. The highest BCUT2D eigenvalue weighted by Crippen LogP contribution is 2.26. The van der Waals surface area contributed by atoms with Crippen molar-refractivity contribution in [3.05, 3.63) is 46.6 Å². The van der Waals surface area contributed by atoms with E-state index in [1.807, 2.05) is 51.1 Å². The maximum Gasteiger partial charge on any atom is 0.379 e. The molecule has 3 aromatic heterocycles. The molecule has 8 nitrogen and oxygen atoms in total. The normalized spacial score (nSPS) is 11.7. The first-order valence-corrected chi connectivity index (χ1v) is 8.61. The van der Waals surface area contributed by atoms with Gasteiger partial charge in [0, 0.05) is 19.0 Å². The van der Waals surface area contributed by atoms with E-state index >= 15 is 0 Å². The van der Waals surface area contributed by atoms with Gasteiger partial charge < -0.3 is 4.84 Å². The second kappa shape index (κ2) is 5.98. The summed E-state index contributed by atoms with van der Waals surface area (Å²) >= 11 is 0. The van der Waals surface area contributed by atoms with Gasteiger partial charge in [-0.1, -0.05) is 42.0 Å². The quantitative estimate of drug-likeness (QED) is 0.560. The molecule has 0 fully saturated rings. The van der Waals surface area contributed by atoms with E-state index in [9.17, 15) is 4.79 Å². The minimum absolute atomic E-state index is 0.162. The highest BCUT2D eigenvalue weighted by atomic mass is 16.7. The predicted molar refractivity (Wildman–Crippen MR) is 98.0 cm³/mol. The van der Waals surface area contributed by atoms with Crippen molar-refractivity contribution in [2.45, 2.75) is 33.3 Å². The van der Waals surface area contributed by atoms with Crippen LogP contribution in [-0.4, -0.2) is 35.0 Å². The third-order valence-electron chi connectivity index (χ3n) is 4.13. The Balaban J connectivity index is 2.14. The van der Waals surface area contributed by atoms with Crippen LogP contribution in [0.1, 0.15) is 26.6 Å². The molecule has 0 saturated carbocycles. The van der Waals surface area contributed by atoms with E-state index in [-0.39, 0.29) is 11.8 Å². The van der Waals surface area contributed by atoms with Crippen molar-refractivity contribution in [2.75, 3.05) is 0 Å². The van der Waals surface area contributed by atoms with Crippen LogP contribution < -0.4 is 10.5 Å². The first-order valence-electron chi connectivity index (χ1n) is 8.61. The fourth-order valence-electron chi connectivity index (χ4n) is 2.98. The molecule has 0 amide bonds. The van der Waals surface area contributed by atoms with Crippen molar-refractivity contribution in [1.29, 1.82) is 0 Å². The zero-order valence-corrected chi connectivity index (χ0v) is 15.2. The van der Waals surface area contributed by atoms with E-state index in [1.54, 1.807) is 11.6 Å². The number of hydrogen-bond acceptors (Lipinski definition) is 5. The molecule has 0 spiro atoms. The molecule has 0 atom stereocenters. The van der Waals surface area contributed by atoms with Gasteiger partial charge >= 0.3 is 5.69 Å². The van der Waals surface area contributed by atoms with Crippen LogP contribution in [0.5, 0.6) is 0 Å². The number of rotatable bonds is 4. The van der Waals surface area contributed by atoms with Gasteiger partial charge in [-0.2, -0.15) is 4.98 Å². The smallest absolute Gasteiger partial charge is 0.379 e. The third-order valence-corrected chi connectivity index (χ3v) is 4.13. The second-order valence-electron chi connectivity index (χ2n) is 6.36. The Bertz CT molecular complexity index is 1150. The van der Waals surface area contributed by atoms with Gasteiger partial charge in [0.25, 0.3) is 5.78 Å². The van der Waals surface area contributed by atoms with E-state index in [2.05, 4.69) is 9.97 Å². The molecule has 0 aliphatic rings. The molecule has 0 unspecified atom stereocenters. The van der Waals surface area contributed by atoms with Gasteiger partial charge in [0.15, 0.2) is 5.65 Å².